The second-order valence-corrected chi connectivity index (χ2v) is 14.1. The molecule has 4 aromatic carbocycles. The van der Waals surface area contributed by atoms with Crippen molar-refractivity contribution in [2.75, 3.05) is 9.80 Å². The lowest BCUT2D eigenvalue weighted by Gasteiger charge is -2.51. The number of anilines is 2. The molecule has 3 fully saturated rings. The van der Waals surface area contributed by atoms with Gasteiger partial charge in [-0.15, -0.1) is 0 Å². The minimum absolute atomic E-state index is 0.0778. The van der Waals surface area contributed by atoms with E-state index in [1.165, 1.54) is 29.2 Å². The lowest BCUT2D eigenvalue weighted by Crippen LogP contribution is -2.53. The summed E-state index contributed by atoms with van der Waals surface area (Å²) in [6.45, 7) is 0. The van der Waals surface area contributed by atoms with E-state index in [0.29, 0.717) is 21.8 Å². The summed E-state index contributed by atoms with van der Waals surface area (Å²) in [5, 5.41) is 30.5. The fourth-order valence-corrected chi connectivity index (χ4v) is 9.39. The minimum atomic E-state index is -1.80. The summed E-state index contributed by atoms with van der Waals surface area (Å²) in [5.41, 5.74) is 0.961. The third-order valence-corrected chi connectivity index (χ3v) is 11.5. The monoisotopic (exact) mass is 706 g/mol. The number of carbonyl (C=O) groups is 4. The third kappa shape index (κ3) is 4.63. The maximum absolute atomic E-state index is 15.3. The van der Waals surface area contributed by atoms with Crippen LogP contribution in [0.5, 0.6) is 5.75 Å². The summed E-state index contributed by atoms with van der Waals surface area (Å²) >= 11 is 13.3. The number of fused-ring (bicyclic) bond motifs is 4. The van der Waals surface area contributed by atoms with Gasteiger partial charge < -0.3 is 15.2 Å². The highest BCUT2D eigenvalue weighted by Crippen LogP contribution is 2.65. The van der Waals surface area contributed by atoms with Crippen LogP contribution in [-0.4, -0.2) is 45.9 Å². The van der Waals surface area contributed by atoms with Crippen LogP contribution in [0.25, 0.3) is 0 Å². The van der Waals surface area contributed by atoms with Crippen molar-refractivity contribution < 1.29 is 34.3 Å². The lowest BCUT2D eigenvalue weighted by molar-refractivity contribution is -0.127. The molecule has 4 amide bonds. The molecule has 12 heteroatoms. The van der Waals surface area contributed by atoms with Gasteiger partial charge in [-0.2, -0.15) is 0 Å². The fourth-order valence-electron chi connectivity index (χ4n) is 8.92. The van der Waals surface area contributed by atoms with Gasteiger partial charge in [-0.25, -0.2) is 4.90 Å². The molecule has 2 aliphatic carbocycles. The molecule has 0 unspecified atom stereocenters. The molecule has 3 N–H and O–H groups in total. The Kier molecular flexibility index (Phi) is 7.76. The van der Waals surface area contributed by atoms with E-state index in [9.17, 15) is 29.5 Å². The zero-order valence-electron chi connectivity index (χ0n) is 26.3. The van der Waals surface area contributed by atoms with Crippen LogP contribution in [0.1, 0.15) is 29.9 Å². The third-order valence-electron chi connectivity index (χ3n) is 10.9. The van der Waals surface area contributed by atoms with Crippen LogP contribution in [0.4, 0.5) is 11.4 Å². The summed E-state index contributed by atoms with van der Waals surface area (Å²) in [5.74, 6) is -5.95. The van der Waals surface area contributed by atoms with Gasteiger partial charge in [-0.1, -0.05) is 89.4 Å². The number of imide groups is 2. The van der Waals surface area contributed by atoms with Gasteiger partial charge in [0, 0.05) is 16.0 Å². The summed E-state index contributed by atoms with van der Waals surface area (Å²) in [7, 11) is -1.80. The SMILES string of the molecule is O=C1[C@H]2[C@H](CC=C3[C@H]2C[C@H]2C(=O)N(c4cccc(Cl)c4)C(=O)[C@@]2(c2ccccc2)[C@H]3c2ccc(O)cc2Cl)C(=O)N1c1cccc(B(O)O)c1. The number of nitrogens with zero attached hydrogens (tertiary/aromatic N) is 2. The summed E-state index contributed by atoms with van der Waals surface area (Å²) < 4.78 is 0. The van der Waals surface area contributed by atoms with Crippen molar-refractivity contribution in [2.45, 2.75) is 24.2 Å². The Morgan fingerprint density at radius 3 is 2.16 bits per heavy atom. The van der Waals surface area contributed by atoms with Crippen molar-refractivity contribution in [3.63, 3.8) is 0 Å². The molecule has 0 spiro atoms. The first-order valence-corrected chi connectivity index (χ1v) is 17.0. The average Bonchev–Trinajstić information content (AvgIpc) is 3.49. The molecule has 2 saturated heterocycles. The average molecular weight is 707 g/mol. The molecular formula is C38H29BCl2N2O7. The molecule has 0 radical (unpaired) electrons. The van der Waals surface area contributed by atoms with Gasteiger partial charge in [0.2, 0.25) is 23.6 Å². The van der Waals surface area contributed by atoms with Crippen LogP contribution in [-0.2, 0) is 24.6 Å². The number of hydrogen-bond donors (Lipinski definition) is 3. The Bertz CT molecular complexity index is 2140. The fraction of sp³-hybridized carbons (Fsp3) is 0.211. The largest absolute Gasteiger partial charge is 0.508 e. The molecule has 0 bridgehead atoms. The highest BCUT2D eigenvalue weighted by atomic mass is 35.5. The van der Waals surface area contributed by atoms with Gasteiger partial charge in [0.25, 0.3) is 0 Å². The van der Waals surface area contributed by atoms with Crippen molar-refractivity contribution in [1.82, 2.24) is 0 Å². The smallest absolute Gasteiger partial charge is 0.488 e. The quantitative estimate of drug-likeness (QED) is 0.155. The summed E-state index contributed by atoms with van der Waals surface area (Å²) in [4.78, 5) is 60.8. The Balaban J connectivity index is 1.34. The maximum atomic E-state index is 15.3. The van der Waals surface area contributed by atoms with Gasteiger partial charge in [-0.3, -0.25) is 24.1 Å². The minimum Gasteiger partial charge on any atom is -0.508 e. The van der Waals surface area contributed by atoms with Crippen LogP contribution in [0, 0.1) is 23.7 Å². The molecule has 0 aromatic heterocycles. The van der Waals surface area contributed by atoms with Crippen LogP contribution in [0.15, 0.2) is 109 Å². The molecule has 50 heavy (non-hydrogen) atoms. The van der Waals surface area contributed by atoms with Crippen LogP contribution >= 0.6 is 23.2 Å². The van der Waals surface area contributed by atoms with E-state index < -0.39 is 65.8 Å². The molecule has 8 rings (SSSR count). The number of amides is 4. The number of benzene rings is 4. The molecule has 4 aliphatic rings. The van der Waals surface area contributed by atoms with Crippen LogP contribution in [0.2, 0.25) is 10.0 Å². The predicted molar refractivity (Wildman–Crippen MR) is 188 cm³/mol. The Labute approximate surface area is 297 Å². The number of phenolic OH excluding ortho intramolecular Hbond substituents is 1. The van der Waals surface area contributed by atoms with Crippen molar-refractivity contribution in [1.29, 1.82) is 0 Å². The number of hydrogen-bond acceptors (Lipinski definition) is 7. The van der Waals surface area contributed by atoms with Crippen LogP contribution in [0.3, 0.4) is 0 Å². The number of halogens is 2. The number of carbonyl (C=O) groups excluding carboxylic acids is 4. The number of aromatic hydroxyl groups is 1. The molecule has 9 nitrogen and oxygen atoms in total. The molecule has 2 aliphatic heterocycles. The summed E-state index contributed by atoms with van der Waals surface area (Å²) in [6.07, 6.45) is 2.21. The number of allylic oxidation sites excluding steroid dienone is 2. The zero-order chi connectivity index (χ0) is 35.1. The second kappa shape index (κ2) is 12.0. The first kappa shape index (κ1) is 32.5. The molecule has 2 heterocycles. The van der Waals surface area contributed by atoms with E-state index >= 15 is 4.79 Å². The predicted octanol–water partition coefficient (Wildman–Crippen LogP) is 4.75. The van der Waals surface area contributed by atoms with E-state index in [4.69, 9.17) is 23.2 Å². The van der Waals surface area contributed by atoms with Crippen molar-refractivity contribution in [3.8, 4) is 5.75 Å². The van der Waals surface area contributed by atoms with E-state index in [2.05, 4.69) is 0 Å². The Hall–Kier alpha value is -4.74. The van der Waals surface area contributed by atoms with Crippen LogP contribution < -0.4 is 15.3 Å². The van der Waals surface area contributed by atoms with Crippen molar-refractivity contribution in [2.24, 2.45) is 23.7 Å². The van der Waals surface area contributed by atoms with Gasteiger partial charge in [0.1, 0.15) is 5.75 Å². The Morgan fingerprint density at radius 2 is 1.46 bits per heavy atom. The first-order valence-electron chi connectivity index (χ1n) is 16.3. The van der Waals surface area contributed by atoms with Gasteiger partial charge >= 0.3 is 7.12 Å². The molecule has 1 saturated carbocycles. The summed E-state index contributed by atoms with van der Waals surface area (Å²) in [6, 6.07) is 26.1. The van der Waals surface area contributed by atoms with E-state index in [1.807, 2.05) is 36.4 Å². The molecular weight excluding hydrogens is 678 g/mol. The number of rotatable bonds is 5. The molecule has 250 valence electrons. The van der Waals surface area contributed by atoms with E-state index in [1.54, 1.807) is 42.5 Å². The molecule has 6 atom stereocenters. The maximum Gasteiger partial charge on any atom is 0.488 e. The second-order valence-electron chi connectivity index (χ2n) is 13.3. The highest BCUT2D eigenvalue weighted by molar-refractivity contribution is 6.58. The number of phenols is 1. The normalized spacial score (nSPS) is 27.2. The zero-order valence-corrected chi connectivity index (χ0v) is 27.8. The van der Waals surface area contributed by atoms with Gasteiger partial charge in [0.05, 0.1) is 34.5 Å². The van der Waals surface area contributed by atoms with E-state index in [0.717, 1.165) is 10.5 Å². The first-order chi connectivity index (χ1) is 24.0. The van der Waals surface area contributed by atoms with Gasteiger partial charge in [-0.05, 0) is 77.8 Å². The van der Waals surface area contributed by atoms with E-state index in [-0.39, 0.29) is 34.8 Å². The highest BCUT2D eigenvalue weighted by Gasteiger charge is 2.70. The van der Waals surface area contributed by atoms with Crippen molar-refractivity contribution >= 4 is 70.8 Å². The molecule has 4 aromatic rings. The van der Waals surface area contributed by atoms with Crippen molar-refractivity contribution in [3.05, 3.63) is 130 Å². The topological polar surface area (TPSA) is 135 Å². The van der Waals surface area contributed by atoms with Gasteiger partial charge in [0.15, 0.2) is 0 Å². The standard InChI is InChI=1S/C38H29BCl2N2O7/c40-22-9-5-11-24(17-22)43-35(46)30-19-29-26(14-15-28-32(29)36(47)42(34(28)45)23-10-4-8-21(16-23)39(49)50)33(27-13-12-25(44)18-31(27)41)38(30,37(43)48)20-6-2-1-3-7-20/h1-14,16-18,28-30,32-33,44,49-50H,15,19H2/t28-,29+,30-,32-,33+,38+/m0/s1. The Morgan fingerprint density at radius 1 is 0.740 bits per heavy atom. The lowest BCUT2D eigenvalue weighted by atomic mass is 9.49.